The fraction of sp³-hybridized carbons (Fsp3) is 0.500. The molecular formula is C12H18BrFN3O4P. The average molecular weight is 398 g/mol. The van der Waals surface area contributed by atoms with Crippen LogP contribution in [0.15, 0.2) is 18.2 Å². The van der Waals surface area contributed by atoms with Crippen molar-refractivity contribution in [3.8, 4) is 0 Å². The minimum absolute atomic E-state index is 0.127. The number of hydrogen-bond acceptors (Lipinski definition) is 4. The molecule has 0 amide bonds. The van der Waals surface area contributed by atoms with Crippen LogP contribution in [-0.2, 0) is 15.7 Å². The van der Waals surface area contributed by atoms with Gasteiger partial charge in [0.05, 0.1) is 11.5 Å². The second-order valence-electron chi connectivity index (χ2n) is 4.37. The number of alkyl halides is 1. The Bertz CT molecular complexity index is 549. The maximum atomic E-state index is 13.5. The largest absolute Gasteiger partial charge is 0.341 e. The van der Waals surface area contributed by atoms with Gasteiger partial charge in [0.15, 0.2) is 0 Å². The lowest BCUT2D eigenvalue weighted by Crippen LogP contribution is -2.26. The molecule has 1 atom stereocenters. The van der Waals surface area contributed by atoms with E-state index in [-0.39, 0.29) is 6.61 Å². The van der Waals surface area contributed by atoms with E-state index in [2.05, 4.69) is 26.1 Å². The highest BCUT2D eigenvalue weighted by Gasteiger charge is 2.22. The van der Waals surface area contributed by atoms with Crippen LogP contribution in [0.5, 0.6) is 0 Å². The van der Waals surface area contributed by atoms with Crippen molar-refractivity contribution < 1.29 is 18.4 Å². The zero-order valence-corrected chi connectivity index (χ0v) is 14.5. The Hall–Kier alpha value is -0.860. The molecule has 0 aliphatic rings. The van der Waals surface area contributed by atoms with Crippen LogP contribution in [-0.4, -0.2) is 23.3 Å². The van der Waals surface area contributed by atoms with Gasteiger partial charge in [-0.15, -0.1) is 0 Å². The van der Waals surface area contributed by atoms with E-state index in [1.165, 1.54) is 6.07 Å². The van der Waals surface area contributed by atoms with E-state index in [1.54, 1.807) is 0 Å². The number of nitrogens with zero attached hydrogens (tertiary/aromatic N) is 1. The molecule has 0 heterocycles. The smallest absolute Gasteiger partial charge is 0.301 e. The summed E-state index contributed by atoms with van der Waals surface area (Å²) in [7, 11) is -3.25. The summed E-state index contributed by atoms with van der Waals surface area (Å²) < 4.78 is 31.4. The first-order chi connectivity index (χ1) is 10.4. The van der Waals surface area contributed by atoms with Gasteiger partial charge < -0.3 is 4.52 Å². The quantitative estimate of drug-likeness (QED) is 0.272. The van der Waals surface area contributed by atoms with E-state index < -0.39 is 24.1 Å². The first-order valence-corrected chi connectivity index (χ1v) is 9.40. The first kappa shape index (κ1) is 19.2. The van der Waals surface area contributed by atoms with Crippen molar-refractivity contribution in [3.63, 3.8) is 0 Å². The van der Waals surface area contributed by atoms with Gasteiger partial charge >= 0.3 is 13.4 Å². The van der Waals surface area contributed by atoms with Crippen LogP contribution in [0.4, 0.5) is 10.1 Å². The summed E-state index contributed by atoms with van der Waals surface area (Å²) in [6.45, 7) is 2.73. The van der Waals surface area contributed by atoms with E-state index in [4.69, 9.17) is 4.52 Å². The third kappa shape index (κ3) is 6.10. The summed E-state index contributed by atoms with van der Waals surface area (Å²) in [5.74, 6) is -0.948. The number of hydrogen-bond donors (Lipinski definition) is 2. The van der Waals surface area contributed by atoms with Crippen LogP contribution in [0.1, 0.15) is 18.9 Å². The molecule has 7 nitrogen and oxygen atoms in total. The average Bonchev–Trinajstić information content (AvgIpc) is 2.49. The molecule has 1 aromatic carbocycles. The SMILES string of the molecule is CCCNP(=O)(NCCBr)OCc1ccc([N+](=O)[O-])c(F)c1. The van der Waals surface area contributed by atoms with Crippen molar-refractivity contribution in [1.82, 2.24) is 10.2 Å². The van der Waals surface area contributed by atoms with Gasteiger partial charge in [-0.25, -0.2) is 10.2 Å². The van der Waals surface area contributed by atoms with Crippen molar-refractivity contribution in [1.29, 1.82) is 0 Å². The van der Waals surface area contributed by atoms with Gasteiger partial charge in [0.2, 0.25) is 5.82 Å². The van der Waals surface area contributed by atoms with Crippen LogP contribution in [0, 0.1) is 15.9 Å². The van der Waals surface area contributed by atoms with E-state index in [9.17, 15) is 19.1 Å². The summed E-state index contributed by atoms with van der Waals surface area (Å²) in [6, 6.07) is 3.44. The highest BCUT2D eigenvalue weighted by Crippen LogP contribution is 2.38. The molecular weight excluding hydrogens is 380 g/mol. The van der Waals surface area contributed by atoms with Crippen molar-refractivity contribution >= 4 is 29.3 Å². The molecule has 0 aromatic heterocycles. The Labute approximate surface area is 136 Å². The van der Waals surface area contributed by atoms with Crippen molar-refractivity contribution in [2.24, 2.45) is 0 Å². The summed E-state index contributed by atoms with van der Waals surface area (Å²) >= 11 is 3.22. The number of nitro groups is 1. The molecule has 0 saturated carbocycles. The molecule has 0 spiro atoms. The second-order valence-corrected chi connectivity index (χ2v) is 7.16. The lowest BCUT2D eigenvalue weighted by molar-refractivity contribution is -0.387. The third-order valence-electron chi connectivity index (χ3n) is 2.61. The molecule has 0 fully saturated rings. The van der Waals surface area contributed by atoms with Crippen LogP contribution >= 0.6 is 23.6 Å². The Morgan fingerprint density at radius 1 is 1.41 bits per heavy atom. The molecule has 0 bridgehead atoms. The lowest BCUT2D eigenvalue weighted by Gasteiger charge is -2.20. The van der Waals surface area contributed by atoms with Crippen LogP contribution in [0.2, 0.25) is 0 Å². The second kappa shape index (κ2) is 9.32. The van der Waals surface area contributed by atoms with E-state index >= 15 is 0 Å². The molecule has 0 radical (unpaired) electrons. The molecule has 0 aliphatic carbocycles. The van der Waals surface area contributed by atoms with Gasteiger partial charge in [-0.1, -0.05) is 22.9 Å². The fourth-order valence-electron chi connectivity index (χ4n) is 1.55. The summed E-state index contributed by atoms with van der Waals surface area (Å²) in [5, 5.41) is 16.7. The monoisotopic (exact) mass is 397 g/mol. The van der Waals surface area contributed by atoms with Crippen LogP contribution in [0.3, 0.4) is 0 Å². The van der Waals surface area contributed by atoms with E-state index in [1.807, 2.05) is 6.92 Å². The predicted octanol–water partition coefficient (Wildman–Crippen LogP) is 3.34. The molecule has 124 valence electrons. The van der Waals surface area contributed by atoms with Crippen LogP contribution < -0.4 is 10.2 Å². The topological polar surface area (TPSA) is 93.5 Å². The number of rotatable bonds is 10. The molecule has 1 aromatic rings. The Morgan fingerprint density at radius 3 is 2.64 bits per heavy atom. The highest BCUT2D eigenvalue weighted by molar-refractivity contribution is 9.09. The molecule has 0 saturated heterocycles. The minimum atomic E-state index is -3.25. The maximum Gasteiger partial charge on any atom is 0.341 e. The Balaban J connectivity index is 2.73. The first-order valence-electron chi connectivity index (χ1n) is 6.65. The summed E-state index contributed by atoms with van der Waals surface area (Å²) in [5.41, 5.74) is -0.240. The van der Waals surface area contributed by atoms with Gasteiger partial charge in [0.1, 0.15) is 0 Å². The van der Waals surface area contributed by atoms with Gasteiger partial charge in [-0.3, -0.25) is 14.7 Å². The van der Waals surface area contributed by atoms with E-state index in [0.29, 0.717) is 24.0 Å². The maximum absolute atomic E-state index is 13.5. The minimum Gasteiger partial charge on any atom is -0.301 e. The lowest BCUT2D eigenvalue weighted by atomic mass is 10.2. The highest BCUT2D eigenvalue weighted by atomic mass is 79.9. The van der Waals surface area contributed by atoms with Gasteiger partial charge in [-0.05, 0) is 24.1 Å². The standard InChI is InChI=1S/C12H18BrFN3O4P/c1-2-6-15-22(20,16-7-5-13)21-9-10-3-4-12(17(18)19)11(14)8-10/h3-4,8H,2,5-7,9H2,1H3,(H2,15,16,20). The number of halogens is 2. The molecule has 10 heteroatoms. The van der Waals surface area contributed by atoms with Crippen LogP contribution in [0.25, 0.3) is 0 Å². The number of benzene rings is 1. The molecule has 1 unspecified atom stereocenters. The zero-order valence-electron chi connectivity index (χ0n) is 12.1. The molecule has 0 aliphatic heterocycles. The fourth-order valence-corrected chi connectivity index (χ4v) is 3.60. The number of nitro benzene ring substituents is 1. The zero-order chi connectivity index (χ0) is 16.6. The summed E-state index contributed by atoms with van der Waals surface area (Å²) in [4.78, 5) is 9.75. The molecule has 22 heavy (non-hydrogen) atoms. The Kier molecular flexibility index (Phi) is 8.13. The van der Waals surface area contributed by atoms with Gasteiger partial charge in [0, 0.05) is 24.5 Å². The van der Waals surface area contributed by atoms with E-state index in [0.717, 1.165) is 18.6 Å². The molecule has 2 N–H and O–H groups in total. The normalized spacial score (nSPS) is 13.8. The van der Waals surface area contributed by atoms with Gasteiger partial charge in [0.25, 0.3) is 0 Å². The van der Waals surface area contributed by atoms with Crippen molar-refractivity contribution in [3.05, 3.63) is 39.7 Å². The molecule has 1 rings (SSSR count). The Morgan fingerprint density at radius 2 is 2.09 bits per heavy atom. The summed E-state index contributed by atoms with van der Waals surface area (Å²) in [6.07, 6.45) is 0.773. The number of nitrogens with one attached hydrogen (secondary N) is 2. The predicted molar refractivity (Wildman–Crippen MR) is 85.5 cm³/mol. The third-order valence-corrected chi connectivity index (χ3v) is 4.78. The van der Waals surface area contributed by atoms with Crippen molar-refractivity contribution in [2.75, 3.05) is 18.4 Å². The van der Waals surface area contributed by atoms with Crippen molar-refractivity contribution in [2.45, 2.75) is 20.0 Å². The van der Waals surface area contributed by atoms with Gasteiger partial charge in [-0.2, -0.15) is 4.39 Å².